The van der Waals surface area contributed by atoms with Gasteiger partial charge in [-0.05, 0) is 83.1 Å². The molecule has 0 aliphatic carbocycles. The Hall–Kier alpha value is -5.49. The Morgan fingerprint density at radius 3 is 1.45 bits per heavy atom. The van der Waals surface area contributed by atoms with Gasteiger partial charge in [0.05, 0.1) is 28.8 Å². The molecule has 4 aromatic rings. The number of nitrogens with one attached hydrogen (secondary N) is 2. The summed E-state index contributed by atoms with van der Waals surface area (Å²) in [6.45, 7) is 4.88. The van der Waals surface area contributed by atoms with Crippen LogP contribution in [-0.4, -0.2) is 94.1 Å². The normalized spacial score (nSPS) is 12.1. The SMILES string of the molecule is CC(=O)C(CCCN(CCCNCc1cccc(=O)n1O)Cc1cccc(=O)n1O)N(CCCNCc1cccc(=O)n1O)Cc1cccc(=O)n1O. The third-order valence-corrected chi connectivity index (χ3v) is 8.88. The molecule has 17 nitrogen and oxygen atoms in total. The molecule has 0 spiro atoms. The van der Waals surface area contributed by atoms with Crippen LogP contribution in [-0.2, 0) is 31.0 Å². The molecule has 6 N–H and O–H groups in total. The number of carbonyl (C=O) groups excluding carboxylic acids is 1. The fourth-order valence-electron chi connectivity index (χ4n) is 6.08. The molecule has 4 rings (SSSR count). The maximum absolute atomic E-state index is 13.1. The zero-order valence-corrected chi connectivity index (χ0v) is 29.7. The van der Waals surface area contributed by atoms with Gasteiger partial charge in [-0.1, -0.05) is 24.3 Å². The van der Waals surface area contributed by atoms with Crippen molar-refractivity contribution in [3.8, 4) is 0 Å². The molecular weight excluding hydrogens is 688 g/mol. The van der Waals surface area contributed by atoms with E-state index in [-0.39, 0.29) is 32.0 Å². The van der Waals surface area contributed by atoms with Gasteiger partial charge in [-0.25, -0.2) is 0 Å². The van der Waals surface area contributed by atoms with Gasteiger partial charge >= 0.3 is 0 Å². The van der Waals surface area contributed by atoms with Crippen LogP contribution in [0, 0.1) is 0 Å². The second-order valence-electron chi connectivity index (χ2n) is 12.7. The van der Waals surface area contributed by atoms with Crippen LogP contribution >= 0.6 is 0 Å². The van der Waals surface area contributed by atoms with Gasteiger partial charge in [-0.3, -0.25) is 33.8 Å². The van der Waals surface area contributed by atoms with Crippen molar-refractivity contribution in [1.29, 1.82) is 0 Å². The third-order valence-electron chi connectivity index (χ3n) is 8.88. The van der Waals surface area contributed by atoms with Gasteiger partial charge in [0.15, 0.2) is 0 Å². The van der Waals surface area contributed by atoms with Crippen LogP contribution in [0.5, 0.6) is 0 Å². The fraction of sp³-hybridized carbons (Fsp3) is 0.417. The van der Waals surface area contributed by atoms with E-state index in [4.69, 9.17) is 0 Å². The van der Waals surface area contributed by atoms with Crippen LogP contribution in [0.3, 0.4) is 0 Å². The standard InChI is InChI=1S/C36H48N8O9/c1-27(45)32(40(26-31-12-5-17-36(49)44(31)53)22-8-19-38-24-29-10-3-15-34(47)42(29)51)13-6-20-39(25-30-11-4-16-35(48)43(30)52)21-7-18-37-23-28-9-2-14-33(46)41(28)50/h2-5,9-12,14-17,32,37-38,50-53H,6-8,13,18-26H2,1H3. The van der Waals surface area contributed by atoms with Crippen molar-refractivity contribution in [1.82, 2.24) is 39.4 Å². The molecule has 0 bridgehead atoms. The van der Waals surface area contributed by atoms with Crippen LogP contribution in [0.4, 0.5) is 0 Å². The molecule has 0 aromatic carbocycles. The lowest BCUT2D eigenvalue weighted by atomic mass is 10.0. The van der Waals surface area contributed by atoms with Crippen LogP contribution in [0.25, 0.3) is 0 Å². The molecule has 17 heteroatoms. The molecule has 0 saturated heterocycles. The van der Waals surface area contributed by atoms with E-state index in [1.165, 1.54) is 31.2 Å². The molecule has 0 radical (unpaired) electrons. The van der Waals surface area contributed by atoms with Gasteiger partial charge in [0.2, 0.25) is 0 Å². The van der Waals surface area contributed by atoms with E-state index in [1.54, 1.807) is 48.5 Å². The van der Waals surface area contributed by atoms with Crippen molar-refractivity contribution >= 4 is 5.78 Å². The Kier molecular flexibility index (Phi) is 15.2. The lowest BCUT2D eigenvalue weighted by Gasteiger charge is -2.31. The van der Waals surface area contributed by atoms with Crippen molar-refractivity contribution < 1.29 is 25.6 Å². The van der Waals surface area contributed by atoms with Gasteiger partial charge in [-0.15, -0.1) is 0 Å². The number of hydrogen-bond donors (Lipinski definition) is 6. The first kappa shape index (κ1) is 40.3. The van der Waals surface area contributed by atoms with Gasteiger partial charge in [0.25, 0.3) is 22.2 Å². The minimum absolute atomic E-state index is 0.0967. The molecule has 1 atom stereocenters. The molecule has 0 fully saturated rings. The number of rotatable bonds is 22. The first-order chi connectivity index (χ1) is 25.5. The summed E-state index contributed by atoms with van der Waals surface area (Å²) in [6, 6.07) is 17.2. The summed E-state index contributed by atoms with van der Waals surface area (Å²) in [5.41, 5.74) is -0.680. The van der Waals surface area contributed by atoms with E-state index in [0.29, 0.717) is 100 Å². The largest absolute Gasteiger partial charge is 0.425 e. The first-order valence-electron chi connectivity index (χ1n) is 17.5. The molecule has 0 aliphatic rings. The summed E-state index contributed by atoms with van der Waals surface area (Å²) in [5.74, 6) is -0.0967. The summed E-state index contributed by atoms with van der Waals surface area (Å²) in [7, 11) is 0. The monoisotopic (exact) mass is 736 g/mol. The van der Waals surface area contributed by atoms with E-state index >= 15 is 0 Å². The zero-order valence-electron chi connectivity index (χ0n) is 29.7. The number of aromatic nitrogens is 4. The number of Topliss-reactive ketones (excluding diaryl/α,β-unsaturated/α-hetero) is 1. The maximum Gasteiger partial charge on any atom is 0.283 e. The molecule has 0 saturated carbocycles. The highest BCUT2D eigenvalue weighted by Crippen LogP contribution is 2.15. The average molecular weight is 737 g/mol. The maximum atomic E-state index is 13.1. The van der Waals surface area contributed by atoms with Gasteiger partial charge in [-0.2, -0.15) is 18.9 Å². The van der Waals surface area contributed by atoms with E-state index in [1.807, 2.05) is 4.90 Å². The zero-order chi connectivity index (χ0) is 38.3. The topological polar surface area (TPSA) is 217 Å². The smallest absolute Gasteiger partial charge is 0.283 e. The van der Waals surface area contributed by atoms with Gasteiger partial charge in [0, 0.05) is 57.0 Å². The molecular formula is C36H48N8O9. The summed E-state index contributed by atoms with van der Waals surface area (Å²) in [4.78, 5) is 64.9. The molecule has 286 valence electrons. The average Bonchev–Trinajstić information content (AvgIpc) is 3.13. The summed E-state index contributed by atoms with van der Waals surface area (Å²) in [6.07, 6.45) is 2.20. The molecule has 53 heavy (non-hydrogen) atoms. The summed E-state index contributed by atoms with van der Waals surface area (Å²) < 4.78 is 2.36. The number of hydrogen-bond acceptors (Lipinski definition) is 13. The Balaban J connectivity index is 1.41. The van der Waals surface area contributed by atoms with Crippen molar-refractivity contribution in [2.75, 3.05) is 32.7 Å². The van der Waals surface area contributed by atoms with Crippen LogP contribution in [0.15, 0.2) is 92.0 Å². The first-order valence-corrected chi connectivity index (χ1v) is 17.5. The van der Waals surface area contributed by atoms with Crippen molar-refractivity contribution in [2.24, 2.45) is 0 Å². The second-order valence-corrected chi connectivity index (χ2v) is 12.7. The highest BCUT2D eigenvalue weighted by molar-refractivity contribution is 5.81. The Bertz CT molecular complexity index is 2040. The number of nitrogens with zero attached hydrogens (tertiary/aromatic N) is 6. The minimum atomic E-state index is -0.593. The quantitative estimate of drug-likeness (QED) is 0.0484. The molecule has 0 aliphatic heterocycles. The van der Waals surface area contributed by atoms with Gasteiger partial charge < -0.3 is 31.5 Å². The highest BCUT2D eigenvalue weighted by atomic mass is 16.5. The number of carbonyl (C=O) groups is 1. The second kappa shape index (κ2) is 19.9. The van der Waals surface area contributed by atoms with Gasteiger partial charge in [0.1, 0.15) is 5.78 Å². The number of ketones is 1. The predicted molar refractivity (Wildman–Crippen MR) is 194 cm³/mol. The minimum Gasteiger partial charge on any atom is -0.425 e. The van der Waals surface area contributed by atoms with E-state index in [0.717, 1.165) is 0 Å². The molecule has 4 heterocycles. The Labute approximate surface area is 305 Å². The van der Waals surface area contributed by atoms with E-state index < -0.39 is 28.3 Å². The van der Waals surface area contributed by atoms with E-state index in [2.05, 4.69) is 15.5 Å². The van der Waals surface area contributed by atoms with Crippen molar-refractivity contribution in [3.05, 3.63) is 137 Å². The molecule has 1 unspecified atom stereocenters. The predicted octanol–water partition coefficient (Wildman–Crippen LogP) is 0.684. The van der Waals surface area contributed by atoms with Crippen LogP contribution in [0.2, 0.25) is 0 Å². The van der Waals surface area contributed by atoms with Crippen molar-refractivity contribution in [3.63, 3.8) is 0 Å². The summed E-state index contributed by atoms with van der Waals surface area (Å²) >= 11 is 0. The number of pyridine rings is 4. The van der Waals surface area contributed by atoms with Crippen molar-refractivity contribution in [2.45, 2.75) is 64.8 Å². The lowest BCUT2D eigenvalue weighted by Crippen LogP contribution is -2.42. The van der Waals surface area contributed by atoms with Crippen LogP contribution < -0.4 is 32.9 Å². The molecule has 4 aromatic heterocycles. The highest BCUT2D eigenvalue weighted by Gasteiger charge is 2.24. The lowest BCUT2D eigenvalue weighted by molar-refractivity contribution is -0.122. The molecule has 0 amide bonds. The van der Waals surface area contributed by atoms with Crippen LogP contribution in [0.1, 0.15) is 55.4 Å². The Morgan fingerprint density at radius 1 is 0.585 bits per heavy atom. The van der Waals surface area contributed by atoms with E-state index in [9.17, 15) is 44.8 Å². The Morgan fingerprint density at radius 2 is 0.981 bits per heavy atom. The summed E-state index contributed by atoms with van der Waals surface area (Å²) in [5, 5.41) is 47.1. The fourth-order valence-corrected chi connectivity index (χ4v) is 6.08. The third kappa shape index (κ3) is 11.8.